The molecule has 2 aromatic heterocycles. The van der Waals surface area contributed by atoms with Crippen LogP contribution in [0.4, 0.5) is 5.69 Å². The van der Waals surface area contributed by atoms with Gasteiger partial charge in [-0.15, -0.1) is 11.3 Å². The van der Waals surface area contributed by atoms with Crippen molar-refractivity contribution in [2.45, 2.75) is 65.1 Å². The Morgan fingerprint density at radius 2 is 2.03 bits per heavy atom. The Balaban J connectivity index is 1.61. The van der Waals surface area contributed by atoms with Gasteiger partial charge in [0.25, 0.3) is 0 Å². The van der Waals surface area contributed by atoms with Crippen molar-refractivity contribution in [1.82, 2.24) is 9.88 Å². The third-order valence-electron chi connectivity index (χ3n) is 5.17. The Hall–Kier alpha value is -2.56. The maximum absolute atomic E-state index is 11.7. The van der Waals surface area contributed by atoms with Gasteiger partial charge in [-0.3, -0.25) is 4.98 Å². The number of thiophene rings is 1. The molecule has 1 aliphatic carbocycles. The molecule has 2 heterocycles. The lowest BCUT2D eigenvalue weighted by atomic mass is 9.92. The lowest BCUT2D eigenvalue weighted by molar-refractivity contribution is 0.0703. The van der Waals surface area contributed by atoms with E-state index >= 15 is 0 Å². The molecule has 0 aliphatic heterocycles. The number of nitrogens with one attached hydrogen (secondary N) is 1. The first-order valence-electron chi connectivity index (χ1n) is 11.0. The van der Waals surface area contributed by atoms with Gasteiger partial charge in [0.2, 0.25) is 0 Å². The number of carboxylic acids is 1. The van der Waals surface area contributed by atoms with Crippen molar-refractivity contribution >= 4 is 23.0 Å². The van der Waals surface area contributed by atoms with Crippen molar-refractivity contribution in [1.29, 1.82) is 0 Å². The van der Waals surface area contributed by atoms with E-state index in [1.54, 1.807) is 12.4 Å². The van der Waals surface area contributed by atoms with E-state index in [9.17, 15) is 9.90 Å². The molecule has 3 rings (SSSR count). The highest BCUT2D eigenvalue weighted by Crippen LogP contribution is 2.32. The third-order valence-corrected chi connectivity index (χ3v) is 6.21. The summed E-state index contributed by atoms with van der Waals surface area (Å²) < 4.78 is 6.29. The molecule has 0 unspecified atom stereocenters. The number of hydrogen-bond acceptors (Lipinski definition) is 6. The minimum absolute atomic E-state index is 0.125. The van der Waals surface area contributed by atoms with E-state index in [0.717, 1.165) is 48.4 Å². The Labute approximate surface area is 195 Å². The number of pyridine rings is 1. The molecule has 0 spiro atoms. The number of rotatable bonds is 7. The van der Waals surface area contributed by atoms with Crippen molar-refractivity contribution in [3.8, 4) is 17.6 Å². The predicted octanol–water partition coefficient (Wildman–Crippen LogP) is 5.10. The average Bonchev–Trinajstić information content (AvgIpc) is 3.12. The summed E-state index contributed by atoms with van der Waals surface area (Å²) in [6, 6.07) is 4.10. The zero-order valence-corrected chi connectivity index (χ0v) is 20.4. The van der Waals surface area contributed by atoms with Gasteiger partial charge in [-0.1, -0.05) is 11.8 Å². The van der Waals surface area contributed by atoms with Crippen molar-refractivity contribution in [2.75, 3.05) is 19.4 Å². The molecule has 0 bridgehead atoms. The normalized spacial score (nSPS) is 18.7. The van der Waals surface area contributed by atoms with Crippen molar-refractivity contribution in [3.05, 3.63) is 39.8 Å². The van der Waals surface area contributed by atoms with E-state index in [4.69, 9.17) is 4.74 Å². The largest absolute Gasteiger partial charge is 0.488 e. The molecule has 2 aromatic rings. The van der Waals surface area contributed by atoms with Crippen LogP contribution in [-0.2, 0) is 6.54 Å². The van der Waals surface area contributed by atoms with Crippen LogP contribution in [0.5, 0.6) is 5.75 Å². The van der Waals surface area contributed by atoms with Crippen molar-refractivity contribution in [3.63, 3.8) is 0 Å². The van der Waals surface area contributed by atoms with Gasteiger partial charge in [-0.05, 0) is 72.7 Å². The number of aromatic carboxylic acids is 1. The molecule has 2 N–H and O–H groups in total. The van der Waals surface area contributed by atoms with E-state index in [0.29, 0.717) is 10.6 Å². The molecule has 0 radical (unpaired) electrons. The zero-order valence-electron chi connectivity index (χ0n) is 19.6. The van der Waals surface area contributed by atoms with Gasteiger partial charge in [0.15, 0.2) is 0 Å². The molecular weight excluding hydrogens is 422 g/mol. The maximum Gasteiger partial charge on any atom is 0.348 e. The van der Waals surface area contributed by atoms with E-state index < -0.39 is 5.97 Å². The smallest absolute Gasteiger partial charge is 0.348 e. The predicted molar refractivity (Wildman–Crippen MR) is 130 cm³/mol. The summed E-state index contributed by atoms with van der Waals surface area (Å²) in [6.45, 7) is 6.94. The van der Waals surface area contributed by atoms with Gasteiger partial charge in [0.05, 0.1) is 22.9 Å². The summed E-state index contributed by atoms with van der Waals surface area (Å²) in [4.78, 5) is 19.2. The fourth-order valence-electron chi connectivity index (χ4n) is 3.68. The first kappa shape index (κ1) is 24.1. The molecule has 6 nitrogen and oxygen atoms in total. The molecule has 32 heavy (non-hydrogen) atoms. The summed E-state index contributed by atoms with van der Waals surface area (Å²) in [5.74, 6) is 6.25. The van der Waals surface area contributed by atoms with E-state index in [1.807, 2.05) is 47.0 Å². The lowest BCUT2D eigenvalue weighted by Crippen LogP contribution is -2.31. The number of anilines is 1. The van der Waals surface area contributed by atoms with Crippen LogP contribution in [-0.4, -0.2) is 47.2 Å². The second-order valence-electron chi connectivity index (χ2n) is 9.62. The molecular formula is C25H33N3O3S. The number of aromatic nitrogens is 1. The highest BCUT2D eigenvalue weighted by Gasteiger charge is 2.25. The Bertz CT molecular complexity index is 990. The highest BCUT2D eigenvalue weighted by atomic mass is 32.1. The van der Waals surface area contributed by atoms with E-state index in [-0.39, 0.29) is 17.6 Å². The summed E-state index contributed by atoms with van der Waals surface area (Å²) in [6.07, 6.45) is 7.42. The number of carboxylic acid groups (broad SMARTS) is 1. The second kappa shape index (κ2) is 10.4. The van der Waals surface area contributed by atoms with Crippen LogP contribution in [0.25, 0.3) is 0 Å². The van der Waals surface area contributed by atoms with Gasteiger partial charge in [-0.25, -0.2) is 4.79 Å². The zero-order chi connectivity index (χ0) is 23.3. The van der Waals surface area contributed by atoms with Gasteiger partial charge < -0.3 is 20.1 Å². The summed E-state index contributed by atoms with van der Waals surface area (Å²) in [5.41, 5.74) is 1.68. The first-order valence-corrected chi connectivity index (χ1v) is 11.8. The van der Waals surface area contributed by atoms with Crippen LogP contribution in [0.3, 0.4) is 0 Å². The molecule has 172 valence electrons. The van der Waals surface area contributed by atoms with Crippen LogP contribution in [0.15, 0.2) is 24.5 Å². The number of nitrogens with zero attached hydrogens (tertiary/aromatic N) is 2. The Kier molecular flexibility index (Phi) is 7.81. The van der Waals surface area contributed by atoms with Crippen LogP contribution in [0, 0.1) is 17.3 Å². The van der Waals surface area contributed by atoms with Crippen LogP contribution < -0.4 is 10.1 Å². The molecule has 0 aromatic carbocycles. The quantitative estimate of drug-likeness (QED) is 0.566. The molecule has 0 atom stereocenters. The van der Waals surface area contributed by atoms with Crippen molar-refractivity contribution in [2.24, 2.45) is 5.41 Å². The highest BCUT2D eigenvalue weighted by molar-refractivity contribution is 7.15. The monoisotopic (exact) mass is 455 g/mol. The fraction of sp³-hybridized carbons (Fsp3) is 0.520. The lowest BCUT2D eigenvalue weighted by Gasteiger charge is -2.30. The van der Waals surface area contributed by atoms with Crippen LogP contribution >= 0.6 is 11.3 Å². The van der Waals surface area contributed by atoms with Crippen LogP contribution in [0.2, 0.25) is 0 Å². The minimum Gasteiger partial charge on any atom is -0.488 e. The maximum atomic E-state index is 11.7. The standard InChI is InChI=1S/C25H33N3O3S/c1-25(2,3)12-10-20-14-21(23(32-20)24(29)30)27-18-6-8-19(9-7-18)31-22-15-26-13-11-17(22)16-28(4)5/h11,13-15,18-19,27H,6-9,16H2,1-5H3,(H,29,30). The molecule has 1 aliphatic rings. The Morgan fingerprint density at radius 3 is 2.66 bits per heavy atom. The first-order chi connectivity index (χ1) is 15.1. The van der Waals surface area contributed by atoms with Gasteiger partial charge in [0.1, 0.15) is 10.6 Å². The number of ether oxygens (including phenoxy) is 1. The molecule has 1 fully saturated rings. The average molecular weight is 456 g/mol. The SMILES string of the molecule is CN(C)Cc1ccncc1OC1CCC(Nc2cc(C#CC(C)(C)C)sc2C(=O)O)CC1. The molecule has 7 heteroatoms. The summed E-state index contributed by atoms with van der Waals surface area (Å²) >= 11 is 1.23. The molecule has 0 amide bonds. The summed E-state index contributed by atoms with van der Waals surface area (Å²) in [7, 11) is 4.08. The third kappa shape index (κ3) is 6.98. The topological polar surface area (TPSA) is 74.7 Å². The number of hydrogen-bond donors (Lipinski definition) is 2. The van der Waals surface area contributed by atoms with Crippen LogP contribution in [0.1, 0.15) is 66.6 Å². The fourth-order valence-corrected chi connectivity index (χ4v) is 4.49. The minimum atomic E-state index is -0.914. The van der Waals surface area contributed by atoms with Gasteiger partial charge in [0, 0.05) is 29.8 Å². The molecule has 0 saturated heterocycles. The Morgan fingerprint density at radius 1 is 1.31 bits per heavy atom. The van der Waals surface area contributed by atoms with E-state index in [1.165, 1.54) is 11.3 Å². The summed E-state index contributed by atoms with van der Waals surface area (Å²) in [5, 5.41) is 13.1. The second-order valence-corrected chi connectivity index (χ2v) is 10.7. The molecule has 1 saturated carbocycles. The van der Waals surface area contributed by atoms with E-state index in [2.05, 4.69) is 27.0 Å². The van der Waals surface area contributed by atoms with Gasteiger partial charge in [-0.2, -0.15) is 0 Å². The van der Waals surface area contributed by atoms with Crippen molar-refractivity contribution < 1.29 is 14.6 Å². The van der Waals surface area contributed by atoms with Gasteiger partial charge >= 0.3 is 5.97 Å². The number of carbonyl (C=O) groups is 1.